The van der Waals surface area contributed by atoms with Crippen molar-refractivity contribution in [2.24, 2.45) is 5.73 Å². The number of methoxy groups -OCH3 is 1. The topological polar surface area (TPSA) is 68.5 Å². The molecule has 6 heteroatoms. The highest BCUT2D eigenvalue weighted by molar-refractivity contribution is 7.16. The molecular formula is C20H19N3O2S. The van der Waals surface area contributed by atoms with Crippen molar-refractivity contribution in [1.29, 1.82) is 0 Å². The number of hydrogen-bond acceptors (Lipinski definition) is 5. The van der Waals surface area contributed by atoms with Crippen LogP contribution in [0.5, 0.6) is 5.75 Å². The summed E-state index contributed by atoms with van der Waals surface area (Å²) in [4.78, 5) is 19.8. The molecule has 5 nitrogen and oxygen atoms in total. The number of aromatic nitrogens is 1. The van der Waals surface area contributed by atoms with Crippen molar-refractivity contribution < 1.29 is 9.53 Å². The maximum absolute atomic E-state index is 13.0. The molecule has 132 valence electrons. The van der Waals surface area contributed by atoms with E-state index in [4.69, 9.17) is 10.5 Å². The van der Waals surface area contributed by atoms with Crippen molar-refractivity contribution in [2.45, 2.75) is 12.6 Å². The Labute approximate surface area is 156 Å². The molecule has 1 aromatic heterocycles. The Hall–Kier alpha value is -2.70. The maximum Gasteiger partial charge on any atom is 0.265 e. The number of nitrogens with zero attached hydrogens (tertiary/aromatic N) is 2. The number of nitrogens with two attached hydrogens (primary N) is 1. The predicted octanol–water partition coefficient (Wildman–Crippen LogP) is 3.47. The zero-order valence-electron chi connectivity index (χ0n) is 14.4. The number of ether oxygens (including phenoxy) is 1. The van der Waals surface area contributed by atoms with Gasteiger partial charge >= 0.3 is 0 Å². The van der Waals surface area contributed by atoms with E-state index in [1.165, 1.54) is 11.3 Å². The summed E-state index contributed by atoms with van der Waals surface area (Å²) in [5.74, 6) is 0.711. The van der Waals surface area contributed by atoms with E-state index in [0.717, 1.165) is 27.4 Å². The number of para-hydroxylation sites is 1. The highest BCUT2D eigenvalue weighted by Gasteiger charge is 2.27. The van der Waals surface area contributed by atoms with Gasteiger partial charge in [-0.05, 0) is 23.3 Å². The number of carbonyl (C=O) groups is 1. The number of fused-ring (bicyclic) bond motifs is 1. The van der Waals surface area contributed by atoms with Gasteiger partial charge in [-0.15, -0.1) is 11.3 Å². The van der Waals surface area contributed by atoms with Crippen molar-refractivity contribution >= 4 is 17.2 Å². The summed E-state index contributed by atoms with van der Waals surface area (Å²) < 4.78 is 5.39. The van der Waals surface area contributed by atoms with Crippen LogP contribution in [-0.2, 0) is 6.54 Å². The van der Waals surface area contributed by atoms with Gasteiger partial charge in [-0.3, -0.25) is 4.79 Å². The van der Waals surface area contributed by atoms with E-state index in [9.17, 15) is 4.79 Å². The molecule has 0 bridgehead atoms. The SMILES string of the molecule is COc1ccccc1-c1ncc(C(=O)N2Cc3ccccc3C(N)C2)s1. The van der Waals surface area contributed by atoms with E-state index < -0.39 is 0 Å². The predicted molar refractivity (Wildman–Crippen MR) is 102 cm³/mol. The third-order valence-corrected chi connectivity index (χ3v) is 5.59. The monoisotopic (exact) mass is 365 g/mol. The minimum atomic E-state index is -0.162. The van der Waals surface area contributed by atoms with Crippen LogP contribution in [0.3, 0.4) is 0 Å². The first-order valence-electron chi connectivity index (χ1n) is 8.39. The standard InChI is InChI=1S/C20H19N3O2S/c1-25-17-9-5-4-8-15(17)19-22-10-18(26-19)20(24)23-11-13-6-2-3-7-14(13)16(21)12-23/h2-10,16H,11-12,21H2,1H3. The highest BCUT2D eigenvalue weighted by atomic mass is 32.1. The lowest BCUT2D eigenvalue weighted by molar-refractivity contribution is 0.0723. The van der Waals surface area contributed by atoms with Crippen LogP contribution in [0.1, 0.15) is 26.8 Å². The molecule has 1 aliphatic heterocycles. The van der Waals surface area contributed by atoms with E-state index in [2.05, 4.69) is 4.98 Å². The fraction of sp³-hybridized carbons (Fsp3) is 0.200. The lowest BCUT2D eigenvalue weighted by atomic mass is 9.96. The first kappa shape index (κ1) is 16.8. The third kappa shape index (κ3) is 2.98. The van der Waals surface area contributed by atoms with Crippen LogP contribution in [0, 0.1) is 0 Å². The molecule has 2 heterocycles. The molecule has 4 rings (SSSR count). The van der Waals surface area contributed by atoms with Gasteiger partial charge in [-0.25, -0.2) is 4.98 Å². The molecule has 26 heavy (non-hydrogen) atoms. The van der Waals surface area contributed by atoms with Gasteiger partial charge in [-0.1, -0.05) is 36.4 Å². The van der Waals surface area contributed by atoms with Crippen LogP contribution >= 0.6 is 11.3 Å². The smallest absolute Gasteiger partial charge is 0.265 e. The van der Waals surface area contributed by atoms with E-state index in [-0.39, 0.29) is 11.9 Å². The summed E-state index contributed by atoms with van der Waals surface area (Å²) in [6.07, 6.45) is 1.64. The molecule has 0 radical (unpaired) electrons. The van der Waals surface area contributed by atoms with Gasteiger partial charge in [0.05, 0.1) is 18.9 Å². The van der Waals surface area contributed by atoms with E-state index in [0.29, 0.717) is 18.0 Å². The van der Waals surface area contributed by atoms with Crippen molar-refractivity contribution in [3.63, 3.8) is 0 Å². The third-order valence-electron chi connectivity index (χ3n) is 4.57. The minimum Gasteiger partial charge on any atom is -0.496 e. The quantitative estimate of drug-likeness (QED) is 0.772. The van der Waals surface area contributed by atoms with Crippen LogP contribution < -0.4 is 10.5 Å². The molecule has 3 aromatic rings. The molecule has 1 amide bonds. The van der Waals surface area contributed by atoms with Gasteiger partial charge in [0, 0.05) is 19.1 Å². The van der Waals surface area contributed by atoms with Gasteiger partial charge < -0.3 is 15.4 Å². The number of benzene rings is 2. The van der Waals surface area contributed by atoms with Crippen LogP contribution in [0.15, 0.2) is 54.7 Å². The Bertz CT molecular complexity index is 953. The number of hydrogen-bond donors (Lipinski definition) is 1. The number of rotatable bonds is 3. The molecule has 2 N–H and O–H groups in total. The molecule has 1 atom stereocenters. The van der Waals surface area contributed by atoms with Gasteiger partial charge in [0.25, 0.3) is 5.91 Å². The molecular weight excluding hydrogens is 346 g/mol. The van der Waals surface area contributed by atoms with Crippen LogP contribution in [0.4, 0.5) is 0 Å². The summed E-state index contributed by atoms with van der Waals surface area (Å²) in [6.45, 7) is 1.09. The molecule has 2 aromatic carbocycles. The molecule has 0 saturated heterocycles. The fourth-order valence-corrected chi connectivity index (χ4v) is 4.19. The number of amides is 1. The molecule has 0 spiro atoms. The summed E-state index contributed by atoms with van der Waals surface area (Å²) in [6, 6.07) is 15.5. The second kappa shape index (κ2) is 6.90. The average molecular weight is 365 g/mol. The zero-order valence-corrected chi connectivity index (χ0v) is 15.2. The van der Waals surface area contributed by atoms with E-state index in [1.54, 1.807) is 18.2 Å². The fourth-order valence-electron chi connectivity index (χ4n) is 3.28. The van der Waals surface area contributed by atoms with E-state index >= 15 is 0 Å². The zero-order chi connectivity index (χ0) is 18.1. The molecule has 1 aliphatic rings. The Balaban J connectivity index is 1.60. The Morgan fingerprint density at radius 3 is 2.85 bits per heavy atom. The van der Waals surface area contributed by atoms with Gasteiger partial charge in [0.1, 0.15) is 15.6 Å². The Morgan fingerprint density at radius 2 is 2.00 bits per heavy atom. The normalized spacial score (nSPS) is 16.2. The van der Waals surface area contributed by atoms with Gasteiger partial charge in [0.2, 0.25) is 0 Å². The second-order valence-corrected chi connectivity index (χ2v) is 7.25. The average Bonchev–Trinajstić information content (AvgIpc) is 3.17. The van der Waals surface area contributed by atoms with Crippen LogP contribution in [0.25, 0.3) is 10.6 Å². The van der Waals surface area contributed by atoms with Crippen LogP contribution in [0.2, 0.25) is 0 Å². The molecule has 0 fully saturated rings. The van der Waals surface area contributed by atoms with Crippen molar-refractivity contribution in [1.82, 2.24) is 9.88 Å². The van der Waals surface area contributed by atoms with Crippen molar-refractivity contribution in [3.05, 3.63) is 70.7 Å². The molecule has 1 unspecified atom stereocenters. The number of carbonyl (C=O) groups excluding carboxylic acids is 1. The Kier molecular flexibility index (Phi) is 4.44. The lowest BCUT2D eigenvalue weighted by Gasteiger charge is -2.32. The minimum absolute atomic E-state index is 0.0337. The van der Waals surface area contributed by atoms with Crippen molar-refractivity contribution in [3.8, 4) is 16.3 Å². The van der Waals surface area contributed by atoms with E-state index in [1.807, 2.05) is 48.5 Å². The highest BCUT2D eigenvalue weighted by Crippen LogP contribution is 2.34. The molecule has 0 aliphatic carbocycles. The van der Waals surface area contributed by atoms with Gasteiger partial charge in [0.15, 0.2) is 0 Å². The Morgan fingerprint density at radius 1 is 1.23 bits per heavy atom. The summed E-state index contributed by atoms with van der Waals surface area (Å²) >= 11 is 1.38. The van der Waals surface area contributed by atoms with Crippen LogP contribution in [-0.4, -0.2) is 29.4 Å². The number of thiazole rings is 1. The van der Waals surface area contributed by atoms with Crippen molar-refractivity contribution in [2.75, 3.05) is 13.7 Å². The second-order valence-electron chi connectivity index (χ2n) is 6.22. The molecule has 0 saturated carbocycles. The largest absolute Gasteiger partial charge is 0.496 e. The lowest BCUT2D eigenvalue weighted by Crippen LogP contribution is -2.40. The summed E-state index contributed by atoms with van der Waals surface area (Å²) in [5.41, 5.74) is 9.38. The first-order chi connectivity index (χ1) is 12.7. The summed E-state index contributed by atoms with van der Waals surface area (Å²) in [5, 5.41) is 0.771. The summed E-state index contributed by atoms with van der Waals surface area (Å²) in [7, 11) is 1.63. The van der Waals surface area contributed by atoms with Gasteiger partial charge in [-0.2, -0.15) is 0 Å². The maximum atomic E-state index is 13.0. The first-order valence-corrected chi connectivity index (χ1v) is 9.21.